The van der Waals surface area contributed by atoms with E-state index in [0.717, 1.165) is 29.1 Å². The van der Waals surface area contributed by atoms with E-state index in [1.54, 1.807) is 0 Å². The molecule has 6 N–H and O–H groups in total. The van der Waals surface area contributed by atoms with E-state index >= 15 is 0 Å². The minimum absolute atomic E-state index is 0.299. The molecule has 1 fully saturated rings. The standard InChI is InChI=1S/C16H17NO11/c18-7-3-6(4-8(19)11(7)21)16(25)26-5-9-12(22)13(23)14(24)15(27-9)17-2-1-10(20)28-17/h1-4,9,12-15,18-19,21-24H,5H2/t9-,12-,13+,14-,15-/m1/s1. The summed E-state index contributed by atoms with van der Waals surface area (Å²) < 4.78 is 15.9. The topological polar surface area (TPSA) is 192 Å². The van der Waals surface area contributed by atoms with E-state index in [2.05, 4.69) is 0 Å². The molecule has 5 atom stereocenters. The third kappa shape index (κ3) is 3.66. The van der Waals surface area contributed by atoms with Gasteiger partial charge in [0.2, 0.25) is 0 Å². The second kappa shape index (κ2) is 7.52. The zero-order valence-corrected chi connectivity index (χ0v) is 14.1. The van der Waals surface area contributed by atoms with E-state index in [4.69, 9.17) is 14.0 Å². The van der Waals surface area contributed by atoms with E-state index in [0.29, 0.717) is 0 Å². The summed E-state index contributed by atoms with van der Waals surface area (Å²) in [6, 6.07) is 2.75. The maximum atomic E-state index is 12.1. The number of carbonyl (C=O) groups excluding carboxylic acids is 1. The van der Waals surface area contributed by atoms with Crippen LogP contribution in [0.4, 0.5) is 0 Å². The summed E-state index contributed by atoms with van der Waals surface area (Å²) in [5.41, 5.74) is -1.03. The number of phenols is 3. The first-order chi connectivity index (χ1) is 13.2. The maximum Gasteiger partial charge on any atom is 0.357 e. The molecule has 0 aliphatic carbocycles. The zero-order valence-electron chi connectivity index (χ0n) is 14.1. The quantitative estimate of drug-likeness (QED) is 0.256. The first-order valence-electron chi connectivity index (χ1n) is 7.99. The van der Waals surface area contributed by atoms with Gasteiger partial charge in [-0.25, -0.2) is 9.59 Å². The van der Waals surface area contributed by atoms with Crippen LogP contribution in [0.3, 0.4) is 0 Å². The van der Waals surface area contributed by atoms with Crippen molar-refractivity contribution in [1.82, 2.24) is 4.74 Å². The average Bonchev–Trinajstić information content (AvgIpc) is 3.09. The van der Waals surface area contributed by atoms with Gasteiger partial charge in [0.25, 0.3) is 0 Å². The van der Waals surface area contributed by atoms with Gasteiger partial charge in [-0.05, 0) is 12.1 Å². The number of aromatic hydroxyl groups is 3. The first-order valence-corrected chi connectivity index (χ1v) is 7.99. The number of aromatic nitrogens is 1. The van der Waals surface area contributed by atoms with Crippen LogP contribution < -0.4 is 5.63 Å². The van der Waals surface area contributed by atoms with Crippen LogP contribution in [-0.2, 0) is 9.47 Å². The molecule has 1 aliphatic rings. The second-order valence-electron chi connectivity index (χ2n) is 6.08. The van der Waals surface area contributed by atoms with Gasteiger partial charge in [0.1, 0.15) is 31.0 Å². The van der Waals surface area contributed by atoms with Crippen molar-refractivity contribution in [2.24, 2.45) is 0 Å². The first kappa shape index (κ1) is 19.7. The molecule has 1 aromatic carbocycles. The molecular weight excluding hydrogens is 382 g/mol. The van der Waals surface area contributed by atoms with Crippen molar-refractivity contribution < 1.29 is 49.4 Å². The highest BCUT2D eigenvalue weighted by atomic mass is 16.6. The van der Waals surface area contributed by atoms with Crippen LogP contribution in [0, 0.1) is 0 Å². The Morgan fingerprint density at radius 2 is 1.71 bits per heavy atom. The van der Waals surface area contributed by atoms with Gasteiger partial charge in [-0.3, -0.25) is 0 Å². The number of hydrogen-bond donors (Lipinski definition) is 6. The van der Waals surface area contributed by atoms with Gasteiger partial charge in [0.05, 0.1) is 5.56 Å². The lowest BCUT2D eigenvalue weighted by Crippen LogP contribution is -2.56. The van der Waals surface area contributed by atoms with Gasteiger partial charge < -0.3 is 44.6 Å². The number of benzene rings is 1. The monoisotopic (exact) mass is 399 g/mol. The normalized spacial score (nSPS) is 27.5. The maximum absolute atomic E-state index is 12.1. The van der Waals surface area contributed by atoms with Gasteiger partial charge in [0, 0.05) is 12.3 Å². The van der Waals surface area contributed by atoms with Crippen molar-refractivity contribution >= 4 is 5.97 Å². The van der Waals surface area contributed by atoms with Crippen molar-refractivity contribution in [1.29, 1.82) is 0 Å². The minimum Gasteiger partial charge on any atom is -0.504 e. The molecule has 152 valence electrons. The van der Waals surface area contributed by atoms with Crippen molar-refractivity contribution in [3.8, 4) is 17.2 Å². The summed E-state index contributed by atoms with van der Waals surface area (Å²) in [4.78, 5) is 23.2. The largest absolute Gasteiger partial charge is 0.504 e. The highest BCUT2D eigenvalue weighted by molar-refractivity contribution is 5.91. The number of hydrogen-bond acceptors (Lipinski definition) is 11. The molecule has 0 radical (unpaired) electrons. The molecule has 1 saturated heterocycles. The highest BCUT2D eigenvalue weighted by Gasteiger charge is 2.45. The van der Waals surface area contributed by atoms with Crippen LogP contribution >= 0.6 is 0 Å². The van der Waals surface area contributed by atoms with Gasteiger partial charge in [-0.2, -0.15) is 4.74 Å². The molecule has 0 unspecified atom stereocenters. The van der Waals surface area contributed by atoms with Gasteiger partial charge in [-0.1, -0.05) is 0 Å². The molecule has 28 heavy (non-hydrogen) atoms. The van der Waals surface area contributed by atoms with Crippen molar-refractivity contribution in [2.75, 3.05) is 6.61 Å². The number of phenolic OH excluding ortho intramolecular Hbond substituents is 3. The zero-order chi connectivity index (χ0) is 20.6. The summed E-state index contributed by atoms with van der Waals surface area (Å²) in [5.74, 6) is -3.34. The van der Waals surface area contributed by atoms with E-state index in [1.807, 2.05) is 0 Å². The fourth-order valence-electron chi connectivity index (χ4n) is 2.68. The number of ether oxygens (including phenoxy) is 2. The van der Waals surface area contributed by atoms with Crippen molar-refractivity contribution in [3.05, 3.63) is 40.4 Å². The Morgan fingerprint density at radius 3 is 2.29 bits per heavy atom. The SMILES string of the molecule is O=C(OC[C@H]1O[C@@H](n2ccc(=O)o2)[C@H](O)[C@@H](O)[C@@H]1O)c1cc(O)c(O)c(O)c1. The number of aliphatic hydroxyl groups excluding tert-OH is 3. The smallest absolute Gasteiger partial charge is 0.357 e. The lowest BCUT2D eigenvalue weighted by molar-refractivity contribution is -0.263. The van der Waals surface area contributed by atoms with Crippen LogP contribution in [0.25, 0.3) is 0 Å². The molecule has 0 amide bonds. The number of nitrogens with zero attached hydrogens (tertiary/aromatic N) is 1. The Morgan fingerprint density at radius 1 is 1.07 bits per heavy atom. The molecule has 12 heteroatoms. The molecule has 1 aliphatic heterocycles. The van der Waals surface area contributed by atoms with Crippen molar-refractivity contribution in [2.45, 2.75) is 30.6 Å². The van der Waals surface area contributed by atoms with Crippen LogP contribution in [-0.4, -0.2) is 72.4 Å². The number of rotatable bonds is 4. The predicted molar refractivity (Wildman–Crippen MR) is 86.6 cm³/mol. The van der Waals surface area contributed by atoms with Crippen molar-refractivity contribution in [3.63, 3.8) is 0 Å². The summed E-state index contributed by atoms with van der Waals surface area (Å²) in [6.07, 6.45) is -6.49. The fourth-order valence-corrected chi connectivity index (χ4v) is 2.68. The molecule has 1 aromatic heterocycles. The lowest BCUT2D eigenvalue weighted by Gasteiger charge is -2.39. The second-order valence-corrected chi connectivity index (χ2v) is 6.08. The van der Waals surface area contributed by atoms with Crippen LogP contribution in [0.1, 0.15) is 16.6 Å². The Balaban J connectivity index is 1.72. The highest BCUT2D eigenvalue weighted by Crippen LogP contribution is 2.35. The molecule has 2 heterocycles. The summed E-state index contributed by atoms with van der Waals surface area (Å²) in [6.45, 7) is -0.589. The molecule has 0 bridgehead atoms. The average molecular weight is 399 g/mol. The Labute approximate surface area is 156 Å². The third-order valence-electron chi connectivity index (χ3n) is 4.17. The third-order valence-corrected chi connectivity index (χ3v) is 4.17. The molecular formula is C16H17NO11. The van der Waals surface area contributed by atoms with Crippen LogP contribution in [0.5, 0.6) is 17.2 Å². The number of aliphatic hydroxyl groups is 3. The van der Waals surface area contributed by atoms with Crippen LogP contribution in [0.15, 0.2) is 33.7 Å². The Bertz CT molecular complexity index is 896. The van der Waals surface area contributed by atoms with E-state index in [-0.39, 0.29) is 5.56 Å². The summed E-state index contributed by atoms with van der Waals surface area (Å²) in [7, 11) is 0. The van der Waals surface area contributed by atoms with Gasteiger partial charge in [-0.15, -0.1) is 0 Å². The molecule has 0 spiro atoms. The number of carbonyl (C=O) groups is 1. The van der Waals surface area contributed by atoms with Crippen LogP contribution in [0.2, 0.25) is 0 Å². The van der Waals surface area contributed by atoms with Gasteiger partial charge in [0.15, 0.2) is 23.5 Å². The predicted octanol–water partition coefficient (Wildman–Crippen LogP) is -1.60. The van der Waals surface area contributed by atoms with E-state index in [1.165, 1.54) is 0 Å². The Kier molecular flexibility index (Phi) is 5.29. The summed E-state index contributed by atoms with van der Waals surface area (Å²) in [5, 5.41) is 58.2. The molecule has 0 saturated carbocycles. The molecule has 12 nitrogen and oxygen atoms in total. The Hall–Kier alpha value is -3.06. The lowest BCUT2D eigenvalue weighted by atomic mass is 9.98. The summed E-state index contributed by atoms with van der Waals surface area (Å²) >= 11 is 0. The molecule has 2 aromatic rings. The fraction of sp³-hybridized carbons (Fsp3) is 0.375. The van der Waals surface area contributed by atoms with E-state index in [9.17, 15) is 40.2 Å². The minimum atomic E-state index is -1.70. The van der Waals surface area contributed by atoms with Gasteiger partial charge >= 0.3 is 11.6 Å². The van der Waals surface area contributed by atoms with E-state index < -0.39 is 66.1 Å². The molecule has 3 rings (SSSR count). The number of esters is 1.